The number of nitrogens with two attached hydrogens (primary N) is 1. The normalized spacial score (nSPS) is 10.8. The van der Waals surface area contributed by atoms with Gasteiger partial charge in [-0.3, -0.25) is 4.79 Å². The Morgan fingerprint density at radius 2 is 2.00 bits per heavy atom. The van der Waals surface area contributed by atoms with Gasteiger partial charge in [-0.15, -0.1) is 21.5 Å². The zero-order valence-corrected chi connectivity index (χ0v) is 14.9. The van der Waals surface area contributed by atoms with Crippen LogP contribution in [-0.4, -0.2) is 49.5 Å². The van der Waals surface area contributed by atoms with Crippen molar-refractivity contribution in [3.8, 4) is 0 Å². The molecule has 0 saturated carbocycles. The van der Waals surface area contributed by atoms with E-state index >= 15 is 0 Å². The van der Waals surface area contributed by atoms with Crippen molar-refractivity contribution < 1.29 is 4.79 Å². The Morgan fingerprint density at radius 3 is 2.59 bits per heavy atom. The number of carbonyl (C=O) groups is 1. The summed E-state index contributed by atoms with van der Waals surface area (Å²) in [6.07, 6.45) is 1.77. The molecule has 0 aliphatic heterocycles. The fourth-order valence-electron chi connectivity index (χ4n) is 1.70. The molecule has 7 nitrogen and oxygen atoms in total. The second-order valence-corrected chi connectivity index (χ2v) is 7.07. The highest BCUT2D eigenvalue weighted by Gasteiger charge is 2.15. The molecule has 2 aromatic rings. The first kappa shape index (κ1) is 17.1. The van der Waals surface area contributed by atoms with E-state index in [4.69, 9.17) is 5.84 Å². The van der Waals surface area contributed by atoms with Crippen LogP contribution in [-0.2, 0) is 10.5 Å². The number of carbonyl (C=O) groups excluding carboxylic acids is 1. The van der Waals surface area contributed by atoms with E-state index in [0.717, 1.165) is 5.01 Å². The van der Waals surface area contributed by atoms with E-state index < -0.39 is 0 Å². The molecule has 0 unspecified atom stereocenters. The Hall–Kier alpha value is -1.26. The Balaban J connectivity index is 1.89. The molecule has 2 heterocycles. The second-order valence-electron chi connectivity index (χ2n) is 4.20. The summed E-state index contributed by atoms with van der Waals surface area (Å²) in [5.41, 5.74) is 0. The minimum atomic E-state index is 0.0787. The van der Waals surface area contributed by atoms with Gasteiger partial charge < -0.3 is 10.7 Å². The van der Waals surface area contributed by atoms with Crippen molar-refractivity contribution in [3.05, 3.63) is 16.6 Å². The summed E-state index contributed by atoms with van der Waals surface area (Å²) in [4.78, 5) is 18.0. The molecule has 0 fully saturated rings. The number of aromatic nitrogens is 4. The van der Waals surface area contributed by atoms with Crippen molar-refractivity contribution in [2.45, 2.75) is 29.9 Å². The molecule has 0 saturated heterocycles. The third-order valence-electron chi connectivity index (χ3n) is 2.88. The monoisotopic (exact) mass is 358 g/mol. The molecule has 0 radical (unpaired) electrons. The maximum absolute atomic E-state index is 12.0. The highest BCUT2D eigenvalue weighted by Crippen LogP contribution is 2.24. The number of rotatable bonds is 8. The molecular weight excluding hydrogens is 340 g/mol. The lowest BCUT2D eigenvalue weighted by Crippen LogP contribution is -2.32. The number of hydrogen-bond donors (Lipinski definition) is 1. The van der Waals surface area contributed by atoms with Crippen molar-refractivity contribution in [1.82, 2.24) is 24.8 Å². The minimum Gasteiger partial charge on any atom is -0.343 e. The van der Waals surface area contributed by atoms with Crippen LogP contribution in [0.3, 0.4) is 0 Å². The molecule has 120 valence electrons. The van der Waals surface area contributed by atoms with Gasteiger partial charge in [-0.25, -0.2) is 9.66 Å². The summed E-state index contributed by atoms with van der Waals surface area (Å²) in [6.45, 7) is 5.34. The molecule has 0 aliphatic rings. The standard InChI is InChI=1S/C12H18N6OS3/c1-3-17(4-2)10(19)8-22-12-16-15-11(18(12)13)21-7-9-14-5-6-20-9/h5-6H,3-4,7-8,13H2,1-2H3. The number of hydrogen-bond acceptors (Lipinski definition) is 8. The topological polar surface area (TPSA) is 89.9 Å². The van der Waals surface area contributed by atoms with Crippen LogP contribution in [0.15, 0.2) is 21.9 Å². The van der Waals surface area contributed by atoms with E-state index in [-0.39, 0.29) is 5.91 Å². The zero-order chi connectivity index (χ0) is 15.9. The first-order valence-electron chi connectivity index (χ1n) is 6.77. The predicted octanol–water partition coefficient (Wildman–Crippen LogP) is 1.70. The first-order chi connectivity index (χ1) is 10.7. The van der Waals surface area contributed by atoms with Crippen LogP contribution in [0.4, 0.5) is 0 Å². The number of nitrogens with zero attached hydrogens (tertiary/aromatic N) is 5. The SMILES string of the molecule is CCN(CC)C(=O)CSc1nnc(SCc2nccs2)n1N. The van der Waals surface area contributed by atoms with Gasteiger partial charge in [-0.2, -0.15) is 0 Å². The fraction of sp³-hybridized carbons (Fsp3) is 0.500. The molecule has 2 aromatic heterocycles. The van der Waals surface area contributed by atoms with Gasteiger partial charge in [-0.1, -0.05) is 23.5 Å². The van der Waals surface area contributed by atoms with Crippen molar-refractivity contribution in [2.75, 3.05) is 24.7 Å². The molecule has 0 aromatic carbocycles. The molecule has 1 amide bonds. The first-order valence-corrected chi connectivity index (χ1v) is 9.63. The summed E-state index contributed by atoms with van der Waals surface area (Å²) in [6, 6.07) is 0. The zero-order valence-electron chi connectivity index (χ0n) is 12.4. The molecule has 0 bridgehead atoms. The molecule has 0 atom stereocenters. The number of thiazole rings is 1. The Morgan fingerprint density at radius 1 is 1.32 bits per heavy atom. The smallest absolute Gasteiger partial charge is 0.233 e. The maximum atomic E-state index is 12.0. The van der Waals surface area contributed by atoms with Gasteiger partial charge >= 0.3 is 0 Å². The maximum Gasteiger partial charge on any atom is 0.233 e. The summed E-state index contributed by atoms with van der Waals surface area (Å²) in [7, 11) is 0. The van der Waals surface area contributed by atoms with Crippen molar-refractivity contribution in [1.29, 1.82) is 0 Å². The largest absolute Gasteiger partial charge is 0.343 e. The van der Waals surface area contributed by atoms with Crippen LogP contribution >= 0.6 is 34.9 Å². The molecule has 0 spiro atoms. The molecule has 22 heavy (non-hydrogen) atoms. The molecule has 0 aliphatic carbocycles. The van der Waals surface area contributed by atoms with Crippen LogP contribution in [0.2, 0.25) is 0 Å². The third kappa shape index (κ3) is 4.37. The van der Waals surface area contributed by atoms with Crippen LogP contribution in [0.25, 0.3) is 0 Å². The van der Waals surface area contributed by atoms with Crippen LogP contribution in [0.1, 0.15) is 18.9 Å². The van der Waals surface area contributed by atoms with Crippen molar-refractivity contribution in [2.24, 2.45) is 0 Å². The summed E-state index contributed by atoms with van der Waals surface area (Å²) in [5, 5.41) is 12.2. The van der Waals surface area contributed by atoms with E-state index in [0.29, 0.717) is 34.9 Å². The second kappa shape index (κ2) is 8.39. The highest BCUT2D eigenvalue weighted by molar-refractivity contribution is 8.00. The molecule has 10 heteroatoms. The molecule has 2 N–H and O–H groups in total. The number of amides is 1. The fourth-order valence-corrected chi connectivity index (χ4v) is 4.02. The summed E-state index contributed by atoms with van der Waals surface area (Å²) < 4.78 is 1.43. The van der Waals surface area contributed by atoms with Gasteiger partial charge in [0.25, 0.3) is 0 Å². The Labute approximate surface area is 141 Å². The van der Waals surface area contributed by atoms with Gasteiger partial charge in [0.2, 0.25) is 16.2 Å². The van der Waals surface area contributed by atoms with Gasteiger partial charge in [0.15, 0.2) is 0 Å². The van der Waals surface area contributed by atoms with Crippen LogP contribution < -0.4 is 5.84 Å². The third-order valence-corrected chi connectivity index (χ3v) is 5.73. The lowest BCUT2D eigenvalue weighted by atomic mass is 10.5. The van der Waals surface area contributed by atoms with E-state index in [9.17, 15) is 4.79 Å². The Bertz CT molecular complexity index is 596. The van der Waals surface area contributed by atoms with Gasteiger partial charge in [0, 0.05) is 24.7 Å². The quantitative estimate of drug-likeness (QED) is 0.567. The van der Waals surface area contributed by atoms with Gasteiger partial charge in [-0.05, 0) is 13.8 Å². The lowest BCUT2D eigenvalue weighted by Gasteiger charge is -2.17. The van der Waals surface area contributed by atoms with E-state index in [1.54, 1.807) is 22.4 Å². The molecule has 2 rings (SSSR count). The van der Waals surface area contributed by atoms with Crippen molar-refractivity contribution >= 4 is 40.8 Å². The minimum absolute atomic E-state index is 0.0787. The molecular formula is C12H18N6OS3. The van der Waals surface area contributed by atoms with Gasteiger partial charge in [0.1, 0.15) is 5.01 Å². The van der Waals surface area contributed by atoms with Crippen LogP contribution in [0.5, 0.6) is 0 Å². The van der Waals surface area contributed by atoms with Crippen LogP contribution in [0, 0.1) is 0 Å². The average Bonchev–Trinajstić information content (AvgIpc) is 3.15. The summed E-state index contributed by atoms with van der Waals surface area (Å²) >= 11 is 4.38. The van der Waals surface area contributed by atoms with E-state index in [1.807, 2.05) is 19.2 Å². The van der Waals surface area contributed by atoms with E-state index in [2.05, 4.69) is 15.2 Å². The highest BCUT2D eigenvalue weighted by atomic mass is 32.2. The van der Waals surface area contributed by atoms with Gasteiger partial charge in [0.05, 0.1) is 11.5 Å². The van der Waals surface area contributed by atoms with E-state index in [1.165, 1.54) is 28.2 Å². The number of nitrogen functional groups attached to an aromatic ring is 1. The number of thioether (sulfide) groups is 2. The Kier molecular flexibility index (Phi) is 6.52. The van der Waals surface area contributed by atoms with Crippen molar-refractivity contribution in [3.63, 3.8) is 0 Å². The average molecular weight is 359 g/mol. The predicted molar refractivity (Wildman–Crippen MR) is 90.5 cm³/mol. The lowest BCUT2D eigenvalue weighted by molar-refractivity contribution is -0.127. The summed E-state index contributed by atoms with van der Waals surface area (Å²) in [5.74, 6) is 7.07.